The molecular formula is C6H8B2Br4N4O4. The maximum atomic E-state index is 11.6. The van der Waals surface area contributed by atoms with E-state index in [1.54, 1.807) is 0 Å². The molecule has 4 N–H and O–H groups in total. The van der Waals surface area contributed by atoms with Gasteiger partial charge in [-0.15, -0.1) is 31.5 Å². The van der Waals surface area contributed by atoms with Crippen molar-refractivity contribution in [3.05, 3.63) is 0 Å². The third-order valence-electron chi connectivity index (χ3n) is 1.90. The molecule has 0 spiro atoms. The molecule has 0 aliphatic carbocycles. The summed E-state index contributed by atoms with van der Waals surface area (Å²) in [6.45, 7) is 0.0906. The van der Waals surface area contributed by atoms with Crippen molar-refractivity contribution in [1.29, 1.82) is 0 Å². The van der Waals surface area contributed by atoms with Crippen LogP contribution < -0.4 is 11.5 Å². The fourth-order valence-electron chi connectivity index (χ4n) is 0.885. The Kier molecular flexibility index (Phi) is 9.02. The summed E-state index contributed by atoms with van der Waals surface area (Å²) in [5.74, 6) is -2.90. The first-order chi connectivity index (χ1) is 9.09. The van der Waals surface area contributed by atoms with Crippen molar-refractivity contribution >= 4 is 98.1 Å². The Morgan fingerprint density at radius 2 is 1.05 bits per heavy atom. The van der Waals surface area contributed by atoms with Crippen LogP contribution in [0.2, 0.25) is 0 Å². The summed E-state index contributed by atoms with van der Waals surface area (Å²) in [4.78, 5) is 44.9. The lowest BCUT2D eigenvalue weighted by Gasteiger charge is -2.20. The summed E-state index contributed by atoms with van der Waals surface area (Å²) in [5.41, 5.74) is 7.59. The number of halogens is 4. The molecule has 0 saturated heterocycles. The van der Waals surface area contributed by atoms with Crippen LogP contribution in [-0.2, 0) is 0 Å². The maximum Gasteiger partial charge on any atom is 0.430 e. The number of nitrogens with two attached hydrogens (primary N) is 2. The molecule has 8 nitrogen and oxygen atoms in total. The van der Waals surface area contributed by atoms with Crippen LogP contribution in [0.1, 0.15) is 0 Å². The lowest BCUT2D eigenvalue weighted by atomic mass is 9.75. The van der Waals surface area contributed by atoms with E-state index in [9.17, 15) is 19.2 Å². The van der Waals surface area contributed by atoms with Gasteiger partial charge in [-0.3, -0.25) is 27.0 Å². The van der Waals surface area contributed by atoms with E-state index < -0.39 is 34.3 Å². The second-order valence-electron chi connectivity index (χ2n) is 3.38. The normalized spacial score (nSPS) is 9.60. The van der Waals surface area contributed by atoms with Crippen LogP contribution in [0.3, 0.4) is 0 Å². The first-order valence-corrected chi connectivity index (χ1v) is 8.15. The highest BCUT2D eigenvalue weighted by molar-refractivity contribution is 9.26. The molecule has 0 atom stereocenters. The van der Waals surface area contributed by atoms with E-state index in [0.29, 0.717) is 0 Å². The smallest absolute Gasteiger partial charge is 0.377 e. The largest absolute Gasteiger partial charge is 0.430 e. The minimum absolute atomic E-state index is 0.0453. The summed E-state index contributed by atoms with van der Waals surface area (Å²) in [6, 6.07) is 0. The van der Waals surface area contributed by atoms with Gasteiger partial charge in [0.2, 0.25) is 11.6 Å². The van der Waals surface area contributed by atoms with Crippen LogP contribution in [0.5, 0.6) is 0 Å². The van der Waals surface area contributed by atoms with E-state index >= 15 is 0 Å². The first-order valence-electron chi connectivity index (χ1n) is 4.90. The average molecular weight is 541 g/mol. The molecule has 0 rings (SSSR count). The number of hydrogen-bond acceptors (Lipinski definition) is 4. The van der Waals surface area contributed by atoms with E-state index in [1.165, 1.54) is 0 Å². The van der Waals surface area contributed by atoms with Gasteiger partial charge in [-0.2, -0.15) is 0 Å². The van der Waals surface area contributed by atoms with Gasteiger partial charge in [-0.25, -0.2) is 0 Å². The third-order valence-corrected chi connectivity index (χ3v) is 5.00. The van der Waals surface area contributed by atoms with E-state index in [-0.39, 0.29) is 13.1 Å². The summed E-state index contributed by atoms with van der Waals surface area (Å²) < 4.78 is 2.07. The monoisotopic (exact) mass is 538 g/mol. The Hall–Kier alpha value is -0.0701. The average Bonchev–Trinajstić information content (AvgIpc) is 2.40. The van der Waals surface area contributed by atoms with E-state index in [4.69, 9.17) is 11.5 Å². The summed E-state index contributed by atoms with van der Waals surface area (Å²) in [6.07, 6.45) is 0. The SMILES string of the molecule is NC(=O)B(Br)C(=O)N(Br)CCN(Br)C(=O)B(Br)C(N)=O. The molecule has 0 aromatic heterocycles. The van der Waals surface area contributed by atoms with Crippen LogP contribution in [0.15, 0.2) is 0 Å². The number of primary amides is 2. The van der Waals surface area contributed by atoms with Gasteiger partial charge >= 0.3 is 11.1 Å². The molecule has 14 heteroatoms. The number of rotatable bonds is 7. The van der Waals surface area contributed by atoms with Crippen LogP contribution in [0, 0.1) is 0 Å². The molecule has 0 heterocycles. The maximum absolute atomic E-state index is 11.6. The van der Waals surface area contributed by atoms with Crippen molar-refractivity contribution in [2.75, 3.05) is 13.1 Å². The fraction of sp³-hybridized carbons (Fsp3) is 0.333. The highest BCUT2D eigenvalue weighted by Gasteiger charge is 2.33. The van der Waals surface area contributed by atoms with Gasteiger partial charge in [0, 0.05) is 0 Å². The van der Waals surface area contributed by atoms with Crippen molar-refractivity contribution in [2.45, 2.75) is 0 Å². The van der Waals surface area contributed by atoms with Gasteiger partial charge in [0.15, 0.2) is 11.6 Å². The van der Waals surface area contributed by atoms with Crippen molar-refractivity contribution in [1.82, 2.24) is 7.85 Å². The molecule has 0 radical (unpaired) electrons. The molecule has 0 bridgehead atoms. The molecule has 0 aliphatic heterocycles. The minimum atomic E-state index is -1.17. The Morgan fingerprint density at radius 1 is 0.800 bits per heavy atom. The van der Waals surface area contributed by atoms with Gasteiger partial charge < -0.3 is 11.5 Å². The molecule has 20 heavy (non-hydrogen) atoms. The number of hydrogen-bond donors (Lipinski definition) is 2. The van der Waals surface area contributed by atoms with Crippen LogP contribution in [0.25, 0.3) is 0 Å². The van der Waals surface area contributed by atoms with Crippen LogP contribution >= 0.6 is 63.8 Å². The Balaban J connectivity index is 4.41. The molecule has 0 unspecified atom stereocenters. The van der Waals surface area contributed by atoms with Crippen molar-refractivity contribution in [3.63, 3.8) is 0 Å². The highest BCUT2D eigenvalue weighted by Crippen LogP contribution is 2.11. The molecule has 4 amide bonds. The van der Waals surface area contributed by atoms with Gasteiger partial charge in [0.05, 0.1) is 45.4 Å². The molecule has 0 saturated carbocycles. The molecule has 0 aromatic carbocycles. The van der Waals surface area contributed by atoms with E-state index in [1.807, 2.05) is 0 Å². The van der Waals surface area contributed by atoms with Gasteiger partial charge in [0.1, 0.15) is 0 Å². The van der Waals surface area contributed by atoms with Gasteiger partial charge in [-0.1, -0.05) is 0 Å². The lowest BCUT2D eigenvalue weighted by molar-refractivity contribution is 0.238. The van der Waals surface area contributed by atoms with E-state index in [2.05, 4.69) is 63.8 Å². The highest BCUT2D eigenvalue weighted by atomic mass is 79.9. The van der Waals surface area contributed by atoms with Crippen LogP contribution in [-0.4, -0.2) is 55.2 Å². The zero-order chi connectivity index (χ0) is 16.0. The molecule has 0 aromatic rings. The Labute approximate surface area is 149 Å². The Morgan fingerprint density at radius 3 is 1.25 bits per heavy atom. The molecule has 0 fully saturated rings. The summed E-state index contributed by atoms with van der Waals surface area (Å²) in [7, 11) is 0. The lowest BCUT2D eigenvalue weighted by Crippen LogP contribution is -2.44. The first kappa shape index (κ1) is 19.9. The predicted octanol–water partition coefficient (Wildman–Crippen LogP) is 1.71. The number of carbonyl (C=O) groups excluding carboxylic acids is 4. The Bertz CT molecular complexity index is 390. The second kappa shape index (κ2) is 9.05. The zero-order valence-corrected chi connectivity index (χ0v) is 16.1. The van der Waals surface area contributed by atoms with Crippen LogP contribution in [0.4, 0.5) is 19.2 Å². The molecule has 110 valence electrons. The standard InChI is InChI=1S/C6H8B2Br4N4O4/c9-7(3(13)17)5(19)15(11)1-2-16(12)6(20)8(10)4(14)18/h1-2H2,(H2,13,17)(H2,14,18). The second-order valence-corrected chi connectivity index (χ2v) is 6.92. The van der Waals surface area contributed by atoms with Gasteiger partial charge in [-0.05, 0) is 0 Å². The number of nitrogens with zero attached hydrogens (tertiary/aromatic N) is 2. The summed E-state index contributed by atoms with van der Waals surface area (Å²) >= 11 is 11.5. The van der Waals surface area contributed by atoms with Crippen molar-refractivity contribution in [2.24, 2.45) is 11.5 Å². The van der Waals surface area contributed by atoms with Crippen molar-refractivity contribution in [3.8, 4) is 0 Å². The summed E-state index contributed by atoms with van der Waals surface area (Å²) in [5, 5.41) is 0. The topological polar surface area (TPSA) is 127 Å². The van der Waals surface area contributed by atoms with E-state index in [0.717, 1.165) is 7.85 Å². The fourth-order valence-corrected chi connectivity index (χ4v) is 2.66. The minimum Gasteiger partial charge on any atom is -0.377 e. The zero-order valence-electron chi connectivity index (χ0n) is 9.76. The molecule has 0 aliphatic rings. The molecular weight excluding hydrogens is 533 g/mol. The predicted molar refractivity (Wildman–Crippen MR) is 90.6 cm³/mol. The van der Waals surface area contributed by atoms with Gasteiger partial charge in [0.25, 0.3) is 0 Å². The number of amides is 4. The number of carbonyl (C=O) groups is 4. The van der Waals surface area contributed by atoms with Crippen molar-refractivity contribution < 1.29 is 19.2 Å². The quantitative estimate of drug-likeness (QED) is 0.376. The third kappa shape index (κ3) is 6.14.